The van der Waals surface area contributed by atoms with Crippen molar-refractivity contribution < 1.29 is 14.7 Å². The van der Waals surface area contributed by atoms with Gasteiger partial charge in [-0.2, -0.15) is 16.4 Å². The van der Waals surface area contributed by atoms with Gasteiger partial charge in [0.25, 0.3) is 0 Å². The van der Waals surface area contributed by atoms with E-state index in [-0.39, 0.29) is 12.3 Å². The van der Waals surface area contributed by atoms with Gasteiger partial charge in [0.2, 0.25) is 5.91 Å². The number of piperidine rings is 1. The van der Waals surface area contributed by atoms with Crippen molar-refractivity contribution in [3.05, 3.63) is 39.3 Å². The van der Waals surface area contributed by atoms with Crippen LogP contribution in [0.4, 0.5) is 0 Å². The van der Waals surface area contributed by atoms with Crippen LogP contribution < -0.4 is 0 Å². The third kappa shape index (κ3) is 2.84. The Morgan fingerprint density at radius 3 is 2.75 bits per heavy atom. The molecule has 2 aromatic heterocycles. The van der Waals surface area contributed by atoms with Crippen LogP contribution in [-0.2, 0) is 23.2 Å². The Morgan fingerprint density at radius 2 is 2.21 bits per heavy atom. The van der Waals surface area contributed by atoms with E-state index in [1.165, 1.54) is 11.3 Å². The Balaban J connectivity index is 2.01. The lowest BCUT2D eigenvalue weighted by Gasteiger charge is -2.39. The molecule has 0 bridgehead atoms. The van der Waals surface area contributed by atoms with Gasteiger partial charge in [-0.3, -0.25) is 14.3 Å². The van der Waals surface area contributed by atoms with Crippen molar-refractivity contribution in [1.82, 2.24) is 14.7 Å². The van der Waals surface area contributed by atoms with E-state index in [4.69, 9.17) is 0 Å². The zero-order chi connectivity index (χ0) is 17.4. The number of hydrogen-bond acceptors (Lipinski definition) is 4. The van der Waals surface area contributed by atoms with E-state index in [0.29, 0.717) is 13.0 Å². The minimum absolute atomic E-state index is 0.00588. The summed E-state index contributed by atoms with van der Waals surface area (Å²) in [4.78, 5) is 26.1. The molecule has 0 aromatic carbocycles. The Hall–Kier alpha value is -2.15. The fraction of sp³-hybridized carbons (Fsp3) is 0.471. The van der Waals surface area contributed by atoms with Gasteiger partial charge >= 0.3 is 5.97 Å². The lowest BCUT2D eigenvalue weighted by Crippen LogP contribution is -2.44. The molecule has 24 heavy (non-hydrogen) atoms. The Labute approximate surface area is 144 Å². The third-order valence-corrected chi connectivity index (χ3v) is 5.60. The fourth-order valence-electron chi connectivity index (χ4n) is 3.47. The lowest BCUT2D eigenvalue weighted by atomic mass is 9.85. The van der Waals surface area contributed by atoms with Crippen molar-refractivity contribution in [1.29, 1.82) is 0 Å². The summed E-state index contributed by atoms with van der Waals surface area (Å²) in [6.07, 6.45) is 0.659. The monoisotopic (exact) mass is 347 g/mol. The Bertz CT molecular complexity index is 766. The van der Waals surface area contributed by atoms with E-state index in [0.717, 1.165) is 22.5 Å². The fourth-order valence-corrected chi connectivity index (χ4v) is 4.16. The highest BCUT2D eigenvalue weighted by Crippen LogP contribution is 2.39. The van der Waals surface area contributed by atoms with Gasteiger partial charge in [0.1, 0.15) is 0 Å². The molecule has 0 radical (unpaired) electrons. The van der Waals surface area contributed by atoms with Crippen molar-refractivity contribution >= 4 is 23.2 Å². The first-order chi connectivity index (χ1) is 11.4. The van der Waals surface area contributed by atoms with E-state index in [9.17, 15) is 14.7 Å². The molecule has 0 aliphatic carbocycles. The quantitative estimate of drug-likeness (QED) is 0.922. The van der Waals surface area contributed by atoms with Crippen LogP contribution in [0.1, 0.15) is 41.4 Å². The van der Waals surface area contributed by atoms with E-state index in [1.807, 2.05) is 37.7 Å². The number of carbonyl (C=O) groups excluding carboxylic acids is 1. The van der Waals surface area contributed by atoms with Crippen LogP contribution in [-0.4, -0.2) is 31.7 Å². The molecule has 7 heteroatoms. The standard InChI is InChI=1S/C17H21N3O3S/c1-10-14(11(2)19(3)18-10)8-20-15(21)5-4-13(17(22)23)16(20)12-6-7-24-9-12/h6-7,9,13,16H,4-5,8H2,1-3H3,(H,22,23). The summed E-state index contributed by atoms with van der Waals surface area (Å²) in [5, 5.41) is 17.9. The highest BCUT2D eigenvalue weighted by Gasteiger charge is 2.41. The molecule has 0 saturated carbocycles. The second-order valence-corrected chi connectivity index (χ2v) is 7.06. The average molecular weight is 347 g/mol. The van der Waals surface area contributed by atoms with Gasteiger partial charge in [0.15, 0.2) is 0 Å². The Kier molecular flexibility index (Phi) is 4.45. The number of carboxylic acids is 1. The van der Waals surface area contributed by atoms with Crippen LogP contribution in [0.3, 0.4) is 0 Å². The minimum atomic E-state index is -0.844. The Morgan fingerprint density at radius 1 is 1.46 bits per heavy atom. The van der Waals surface area contributed by atoms with Gasteiger partial charge < -0.3 is 10.0 Å². The molecule has 1 saturated heterocycles. The second kappa shape index (κ2) is 6.39. The average Bonchev–Trinajstić information content (AvgIpc) is 3.13. The summed E-state index contributed by atoms with van der Waals surface area (Å²) in [5.41, 5.74) is 3.78. The van der Waals surface area contributed by atoms with E-state index >= 15 is 0 Å². The maximum Gasteiger partial charge on any atom is 0.308 e. The molecule has 2 aromatic rings. The molecular formula is C17H21N3O3S. The summed E-state index contributed by atoms with van der Waals surface area (Å²) in [5.74, 6) is -1.41. The highest BCUT2D eigenvalue weighted by atomic mass is 32.1. The molecule has 1 aliphatic rings. The zero-order valence-electron chi connectivity index (χ0n) is 14.0. The lowest BCUT2D eigenvalue weighted by molar-refractivity contribution is -0.152. The molecule has 2 unspecified atom stereocenters. The van der Waals surface area contributed by atoms with E-state index in [2.05, 4.69) is 5.10 Å². The minimum Gasteiger partial charge on any atom is -0.481 e. The molecule has 1 fully saturated rings. The SMILES string of the molecule is Cc1nn(C)c(C)c1CN1C(=O)CCC(C(=O)O)C1c1ccsc1. The van der Waals surface area contributed by atoms with Crippen LogP contribution in [0.25, 0.3) is 0 Å². The third-order valence-electron chi connectivity index (χ3n) is 4.90. The number of likely N-dealkylation sites (tertiary alicyclic amines) is 1. The van der Waals surface area contributed by atoms with Gasteiger partial charge in [-0.05, 0) is 42.7 Å². The number of nitrogens with zero attached hydrogens (tertiary/aromatic N) is 3. The number of aliphatic carboxylic acids is 1. The van der Waals surface area contributed by atoms with Crippen molar-refractivity contribution in [3.8, 4) is 0 Å². The molecule has 2 atom stereocenters. The second-order valence-electron chi connectivity index (χ2n) is 6.28. The topological polar surface area (TPSA) is 75.4 Å². The van der Waals surface area contributed by atoms with Gasteiger partial charge in [0.05, 0.1) is 17.7 Å². The number of aryl methyl sites for hydroxylation is 2. The summed E-state index contributed by atoms with van der Waals surface area (Å²) >= 11 is 1.52. The van der Waals surface area contributed by atoms with Crippen LogP contribution in [0, 0.1) is 19.8 Å². The molecule has 1 N–H and O–H groups in total. The van der Waals surface area contributed by atoms with Crippen LogP contribution in [0.15, 0.2) is 16.8 Å². The number of aromatic nitrogens is 2. The van der Waals surface area contributed by atoms with Gasteiger partial charge in [-0.1, -0.05) is 0 Å². The first-order valence-electron chi connectivity index (χ1n) is 7.93. The summed E-state index contributed by atoms with van der Waals surface area (Å²) < 4.78 is 1.80. The smallest absolute Gasteiger partial charge is 0.308 e. The maximum absolute atomic E-state index is 12.6. The zero-order valence-corrected chi connectivity index (χ0v) is 14.8. The molecular weight excluding hydrogens is 326 g/mol. The molecule has 3 rings (SSSR count). The van der Waals surface area contributed by atoms with Gasteiger partial charge in [-0.25, -0.2) is 0 Å². The van der Waals surface area contributed by atoms with Gasteiger partial charge in [-0.15, -0.1) is 0 Å². The first kappa shape index (κ1) is 16.7. The first-order valence-corrected chi connectivity index (χ1v) is 8.88. The molecule has 1 aliphatic heterocycles. The number of carboxylic acid groups (broad SMARTS) is 1. The normalized spacial score (nSPS) is 21.3. The van der Waals surface area contributed by atoms with Gasteiger partial charge in [0, 0.05) is 31.3 Å². The highest BCUT2D eigenvalue weighted by molar-refractivity contribution is 7.08. The van der Waals surface area contributed by atoms with Crippen molar-refractivity contribution in [2.24, 2.45) is 13.0 Å². The van der Waals surface area contributed by atoms with Crippen LogP contribution >= 0.6 is 11.3 Å². The number of amides is 1. The number of carbonyl (C=O) groups is 2. The summed E-state index contributed by atoms with van der Waals surface area (Å²) in [6, 6.07) is 1.49. The number of hydrogen-bond donors (Lipinski definition) is 1. The predicted molar refractivity (Wildman–Crippen MR) is 90.7 cm³/mol. The molecule has 128 valence electrons. The molecule has 6 nitrogen and oxygen atoms in total. The number of rotatable bonds is 4. The van der Waals surface area contributed by atoms with Crippen molar-refractivity contribution in [3.63, 3.8) is 0 Å². The van der Waals surface area contributed by atoms with E-state index in [1.54, 1.807) is 9.58 Å². The van der Waals surface area contributed by atoms with Crippen LogP contribution in [0.2, 0.25) is 0 Å². The summed E-state index contributed by atoms with van der Waals surface area (Å²) in [6.45, 7) is 4.29. The maximum atomic E-state index is 12.6. The van der Waals surface area contributed by atoms with Crippen LogP contribution in [0.5, 0.6) is 0 Å². The summed E-state index contributed by atoms with van der Waals surface area (Å²) in [7, 11) is 1.88. The molecule has 3 heterocycles. The number of thiophene rings is 1. The largest absolute Gasteiger partial charge is 0.481 e. The molecule has 0 spiro atoms. The molecule has 1 amide bonds. The van der Waals surface area contributed by atoms with E-state index < -0.39 is 17.9 Å². The van der Waals surface area contributed by atoms with Crippen molar-refractivity contribution in [2.75, 3.05) is 0 Å². The predicted octanol–water partition coefficient (Wildman–Crippen LogP) is 2.66. The van der Waals surface area contributed by atoms with Crippen molar-refractivity contribution in [2.45, 2.75) is 39.3 Å².